The van der Waals surface area contributed by atoms with Crippen LogP contribution in [0.4, 0.5) is 0 Å². The maximum atomic E-state index is 11.2. The molecule has 0 bridgehead atoms. The second-order valence-electron chi connectivity index (χ2n) is 5.64. The van der Waals surface area contributed by atoms with Gasteiger partial charge in [-0.25, -0.2) is 9.48 Å². The number of rotatable bonds is 3. The molecule has 1 N–H and O–H groups in total. The van der Waals surface area contributed by atoms with Gasteiger partial charge in [-0.05, 0) is 29.9 Å². The predicted molar refractivity (Wildman–Crippen MR) is 66.4 cm³/mol. The van der Waals surface area contributed by atoms with Gasteiger partial charge < -0.3 is 5.11 Å². The average molecular weight is 245 g/mol. The van der Waals surface area contributed by atoms with Gasteiger partial charge in [0.25, 0.3) is 0 Å². The molecule has 5 nitrogen and oxygen atoms in total. The maximum absolute atomic E-state index is 11.2. The fourth-order valence-electron chi connectivity index (χ4n) is 2.43. The van der Waals surface area contributed by atoms with Gasteiger partial charge in [0.2, 0.25) is 0 Å². The van der Waals surface area contributed by atoms with E-state index >= 15 is 0 Å². The topological polar surface area (TPSA) is 68.0 Å². The van der Waals surface area contributed by atoms with Gasteiger partial charge in [-0.2, -0.15) is 0 Å². The normalized spacial score (nSPS) is 21.1. The smallest absolute Gasteiger partial charge is 0.337 e. The summed E-state index contributed by atoms with van der Waals surface area (Å²) >= 11 is 0. The van der Waals surface area contributed by atoms with E-state index in [1.807, 2.05) is 0 Å². The number of aromatic nitrogens is 3. The average Bonchev–Trinajstić information content (AvgIpc) is 2.72. The Hall–Kier alpha value is -1.91. The third-order valence-electron chi connectivity index (χ3n) is 3.87. The van der Waals surface area contributed by atoms with Gasteiger partial charge in [0.15, 0.2) is 0 Å². The van der Waals surface area contributed by atoms with E-state index in [2.05, 4.69) is 24.2 Å². The summed E-state index contributed by atoms with van der Waals surface area (Å²) in [6.45, 7) is 5.18. The highest BCUT2D eigenvalue weighted by Gasteiger charge is 2.45. The number of nitrogens with zero attached hydrogens (tertiary/aromatic N) is 3. The third-order valence-corrected chi connectivity index (χ3v) is 3.87. The van der Waals surface area contributed by atoms with E-state index in [-0.39, 0.29) is 5.56 Å². The van der Waals surface area contributed by atoms with Crippen molar-refractivity contribution in [1.29, 1.82) is 0 Å². The molecule has 1 fully saturated rings. The lowest BCUT2D eigenvalue weighted by Gasteiger charge is -2.05. The molecule has 0 amide bonds. The summed E-state index contributed by atoms with van der Waals surface area (Å²) in [7, 11) is 0. The van der Waals surface area contributed by atoms with Crippen molar-refractivity contribution in [3.63, 3.8) is 0 Å². The van der Waals surface area contributed by atoms with Crippen LogP contribution < -0.4 is 0 Å². The Balaban J connectivity index is 2.05. The molecule has 1 aliphatic rings. The van der Waals surface area contributed by atoms with Crippen LogP contribution in [-0.4, -0.2) is 26.1 Å². The molecule has 1 aromatic heterocycles. The van der Waals surface area contributed by atoms with Crippen LogP contribution in [0.15, 0.2) is 18.2 Å². The van der Waals surface area contributed by atoms with E-state index in [1.165, 1.54) is 0 Å². The zero-order valence-corrected chi connectivity index (χ0v) is 10.4. The first kappa shape index (κ1) is 11.2. The summed E-state index contributed by atoms with van der Waals surface area (Å²) < 4.78 is 1.73. The van der Waals surface area contributed by atoms with Gasteiger partial charge in [0.05, 0.1) is 5.56 Å². The number of hydrogen-bond donors (Lipinski definition) is 1. The quantitative estimate of drug-likeness (QED) is 0.899. The number of carboxylic acid groups (broad SMARTS) is 1. The summed E-state index contributed by atoms with van der Waals surface area (Å²) in [5.41, 5.74) is 1.90. The molecule has 0 spiro atoms. The maximum Gasteiger partial charge on any atom is 0.337 e. The number of aromatic carboxylic acids is 1. The minimum Gasteiger partial charge on any atom is -0.478 e. The zero-order chi connectivity index (χ0) is 12.9. The van der Waals surface area contributed by atoms with Crippen molar-refractivity contribution in [1.82, 2.24) is 15.0 Å². The molecule has 94 valence electrons. The number of fused-ring (bicyclic) bond motifs is 1. The van der Waals surface area contributed by atoms with Crippen LogP contribution in [0.5, 0.6) is 0 Å². The van der Waals surface area contributed by atoms with Crippen molar-refractivity contribution < 1.29 is 9.90 Å². The van der Waals surface area contributed by atoms with Crippen LogP contribution in [0.1, 0.15) is 30.6 Å². The molecule has 1 unspecified atom stereocenters. The van der Waals surface area contributed by atoms with Gasteiger partial charge in [0.1, 0.15) is 11.0 Å². The van der Waals surface area contributed by atoms with Crippen LogP contribution in [0.25, 0.3) is 11.0 Å². The van der Waals surface area contributed by atoms with Crippen LogP contribution in [-0.2, 0) is 6.54 Å². The molecule has 0 saturated heterocycles. The van der Waals surface area contributed by atoms with E-state index in [9.17, 15) is 9.90 Å². The summed E-state index contributed by atoms with van der Waals surface area (Å²) in [5, 5.41) is 17.3. The lowest BCUT2D eigenvalue weighted by Crippen LogP contribution is -2.08. The third kappa shape index (κ3) is 1.66. The second kappa shape index (κ2) is 3.54. The van der Waals surface area contributed by atoms with Crippen molar-refractivity contribution >= 4 is 17.0 Å². The van der Waals surface area contributed by atoms with Crippen LogP contribution in [0.3, 0.4) is 0 Å². The summed E-state index contributed by atoms with van der Waals surface area (Å²) in [4.78, 5) is 11.2. The molecule has 1 aliphatic carbocycles. The largest absolute Gasteiger partial charge is 0.478 e. The molecule has 0 radical (unpaired) electrons. The molecule has 18 heavy (non-hydrogen) atoms. The molecule has 1 saturated carbocycles. The molecule has 1 aromatic carbocycles. The number of para-hydroxylation sites is 1. The lowest BCUT2D eigenvalue weighted by molar-refractivity contribution is 0.0698. The van der Waals surface area contributed by atoms with Gasteiger partial charge in [-0.1, -0.05) is 25.1 Å². The predicted octanol–water partition coefficient (Wildman–Crippen LogP) is 2.18. The molecule has 1 heterocycles. The Labute approximate surface area is 104 Å². The number of hydrogen-bond acceptors (Lipinski definition) is 3. The van der Waals surface area contributed by atoms with Crippen LogP contribution in [0.2, 0.25) is 0 Å². The Morgan fingerprint density at radius 2 is 2.28 bits per heavy atom. The first-order valence-corrected chi connectivity index (χ1v) is 6.04. The van der Waals surface area contributed by atoms with Crippen molar-refractivity contribution in [2.75, 3.05) is 0 Å². The minimum absolute atomic E-state index is 0.274. The molecule has 0 aliphatic heterocycles. The number of benzene rings is 1. The number of carbonyl (C=O) groups is 1. The highest BCUT2D eigenvalue weighted by Crippen LogP contribution is 2.52. The molecular weight excluding hydrogens is 230 g/mol. The summed E-state index contributed by atoms with van der Waals surface area (Å²) in [6, 6.07) is 5.09. The standard InChI is InChI=1S/C13H15N3O2/c1-13(2)6-8(13)7-16-11-9(12(17)18)4-3-5-10(11)14-15-16/h3-5,8H,6-7H2,1-2H3,(H,17,18). The van der Waals surface area contributed by atoms with E-state index in [0.29, 0.717) is 22.4 Å². The Morgan fingerprint density at radius 3 is 2.89 bits per heavy atom. The van der Waals surface area contributed by atoms with Gasteiger partial charge in [-0.15, -0.1) is 5.10 Å². The zero-order valence-electron chi connectivity index (χ0n) is 10.4. The minimum atomic E-state index is -0.931. The fourth-order valence-corrected chi connectivity index (χ4v) is 2.43. The van der Waals surface area contributed by atoms with Crippen molar-refractivity contribution in [2.24, 2.45) is 11.3 Å². The van der Waals surface area contributed by atoms with Crippen molar-refractivity contribution in [2.45, 2.75) is 26.8 Å². The van der Waals surface area contributed by atoms with Crippen LogP contribution in [0, 0.1) is 11.3 Å². The first-order valence-electron chi connectivity index (χ1n) is 6.04. The molecule has 2 aromatic rings. The molecule has 1 atom stereocenters. The highest BCUT2D eigenvalue weighted by molar-refractivity contribution is 6.00. The van der Waals surface area contributed by atoms with Crippen molar-refractivity contribution in [3.05, 3.63) is 23.8 Å². The Bertz CT molecular complexity index is 630. The van der Waals surface area contributed by atoms with Gasteiger partial charge in [0, 0.05) is 6.54 Å². The Morgan fingerprint density at radius 1 is 1.56 bits per heavy atom. The summed E-state index contributed by atoms with van der Waals surface area (Å²) in [6.07, 6.45) is 1.16. The molecule has 3 rings (SSSR count). The lowest BCUT2D eigenvalue weighted by atomic mass is 10.1. The van der Waals surface area contributed by atoms with E-state index in [4.69, 9.17) is 0 Å². The first-order chi connectivity index (χ1) is 8.49. The highest BCUT2D eigenvalue weighted by atomic mass is 16.4. The van der Waals surface area contributed by atoms with E-state index < -0.39 is 5.97 Å². The van der Waals surface area contributed by atoms with E-state index in [0.717, 1.165) is 13.0 Å². The van der Waals surface area contributed by atoms with Gasteiger partial charge in [-0.3, -0.25) is 0 Å². The summed E-state index contributed by atoms with van der Waals surface area (Å²) in [5.74, 6) is -0.372. The molecule has 5 heteroatoms. The second-order valence-corrected chi connectivity index (χ2v) is 5.64. The van der Waals surface area contributed by atoms with E-state index in [1.54, 1.807) is 22.9 Å². The Kier molecular flexibility index (Phi) is 2.20. The van der Waals surface area contributed by atoms with Crippen LogP contribution >= 0.6 is 0 Å². The fraction of sp³-hybridized carbons (Fsp3) is 0.462. The monoisotopic (exact) mass is 245 g/mol. The number of carboxylic acids is 1. The van der Waals surface area contributed by atoms with Gasteiger partial charge >= 0.3 is 5.97 Å². The van der Waals surface area contributed by atoms with Crippen molar-refractivity contribution in [3.8, 4) is 0 Å². The molecular formula is C13H15N3O2. The SMILES string of the molecule is CC1(C)CC1Cn1nnc2cccc(C(=O)O)c21.